The molecule has 2 unspecified atom stereocenters. The van der Waals surface area contributed by atoms with Crippen LogP contribution in [0.3, 0.4) is 0 Å². The highest BCUT2D eigenvalue weighted by Gasteiger charge is 2.14. The number of nitrogens with zero attached hydrogens (tertiary/aromatic N) is 2. The maximum Gasteiger partial charge on any atom is 0.181 e. The molecule has 0 aromatic carbocycles. The zero-order valence-electron chi connectivity index (χ0n) is 16.6. The van der Waals surface area contributed by atoms with Crippen molar-refractivity contribution in [2.75, 3.05) is 13.6 Å². The number of carbonyl (C=O) groups excluding carboxylic acids is 2. The highest BCUT2D eigenvalue weighted by atomic mass is 16.1. The number of pyridine rings is 2. The Hall–Kier alpha value is -2.44. The van der Waals surface area contributed by atoms with E-state index in [2.05, 4.69) is 27.5 Å². The summed E-state index contributed by atoms with van der Waals surface area (Å²) < 4.78 is 0. The molecule has 0 amide bonds. The fourth-order valence-corrected chi connectivity index (χ4v) is 2.08. The van der Waals surface area contributed by atoms with Crippen LogP contribution in [0.15, 0.2) is 48.8 Å². The summed E-state index contributed by atoms with van der Waals surface area (Å²) >= 11 is 0. The van der Waals surface area contributed by atoms with E-state index < -0.39 is 0 Å². The largest absolute Gasteiger partial charge is 0.316 e. The van der Waals surface area contributed by atoms with Crippen molar-refractivity contribution in [2.45, 2.75) is 39.8 Å². The van der Waals surface area contributed by atoms with E-state index in [1.54, 1.807) is 31.3 Å². The quantitative estimate of drug-likeness (QED) is 0.660. The topological polar surface area (TPSA) is 84.0 Å². The Morgan fingerprint density at radius 2 is 1.70 bits per heavy atom. The smallest absolute Gasteiger partial charge is 0.181 e. The normalized spacial score (nSPS) is 12.4. The number of Topliss-reactive ketones (excluding diaryl/α,β-unsaturated/α-hetero) is 2. The summed E-state index contributed by atoms with van der Waals surface area (Å²) in [5, 5.41) is 6.50. The second-order valence-corrected chi connectivity index (χ2v) is 6.50. The molecule has 2 rings (SSSR count). The predicted molar refractivity (Wildman–Crippen MR) is 107 cm³/mol. The summed E-state index contributed by atoms with van der Waals surface area (Å²) in [4.78, 5) is 30.6. The fraction of sp³-hybridized carbons (Fsp3) is 0.429. The van der Waals surface area contributed by atoms with Gasteiger partial charge in [0.2, 0.25) is 0 Å². The van der Waals surface area contributed by atoms with Crippen molar-refractivity contribution in [3.8, 4) is 0 Å². The zero-order valence-corrected chi connectivity index (χ0v) is 16.6. The summed E-state index contributed by atoms with van der Waals surface area (Å²) in [5.41, 5.74) is 1.52. The minimum Gasteiger partial charge on any atom is -0.316 e. The van der Waals surface area contributed by atoms with Gasteiger partial charge in [0, 0.05) is 43.9 Å². The van der Waals surface area contributed by atoms with Gasteiger partial charge >= 0.3 is 0 Å². The first kappa shape index (κ1) is 22.6. The molecular formula is C21H30N4O2. The van der Waals surface area contributed by atoms with E-state index in [1.807, 2.05) is 31.4 Å². The molecule has 2 aromatic rings. The van der Waals surface area contributed by atoms with E-state index in [9.17, 15) is 9.59 Å². The number of aromatic nitrogens is 2. The molecule has 0 saturated carbocycles. The highest BCUT2D eigenvalue weighted by molar-refractivity contribution is 5.96. The molecule has 0 aliphatic heterocycles. The maximum absolute atomic E-state index is 11.5. The number of ketones is 2. The van der Waals surface area contributed by atoms with Crippen LogP contribution >= 0.6 is 0 Å². The molecule has 2 heterocycles. The van der Waals surface area contributed by atoms with E-state index >= 15 is 0 Å². The molecule has 6 nitrogen and oxygen atoms in total. The molecule has 2 atom stereocenters. The molecule has 0 aliphatic rings. The number of likely N-dealkylation sites (N-methyl/N-ethyl adjacent to an activating group) is 1. The lowest BCUT2D eigenvalue weighted by molar-refractivity contribution is -0.120. The average molecular weight is 370 g/mol. The van der Waals surface area contributed by atoms with Crippen LogP contribution < -0.4 is 10.6 Å². The lowest BCUT2D eigenvalue weighted by Crippen LogP contribution is -2.33. The molecule has 0 spiro atoms. The minimum atomic E-state index is -0.218. The first-order valence-electron chi connectivity index (χ1n) is 9.16. The molecule has 0 bridgehead atoms. The minimum absolute atomic E-state index is 0.0364. The highest BCUT2D eigenvalue weighted by Crippen LogP contribution is 2.08. The lowest BCUT2D eigenvalue weighted by atomic mass is 9.99. The van der Waals surface area contributed by atoms with Crippen LogP contribution in [-0.2, 0) is 11.3 Å². The Balaban J connectivity index is 0.000000271. The summed E-state index contributed by atoms with van der Waals surface area (Å²) in [6.07, 6.45) is 3.64. The van der Waals surface area contributed by atoms with Crippen LogP contribution in [0.1, 0.15) is 43.4 Å². The standard InChI is InChI=1S/C11H13NO2.C10H17N3/c1-8(9(2)13)7-11(14)10-5-3-4-6-12-10;1-9(11-2)7-12-8-10-5-3-4-6-13-10/h3-6,8H,7H2,1-2H3;3-6,9,11-12H,7-8H2,1-2H3. The van der Waals surface area contributed by atoms with Crippen LogP contribution in [-0.4, -0.2) is 41.2 Å². The number of hydrogen-bond acceptors (Lipinski definition) is 6. The second-order valence-electron chi connectivity index (χ2n) is 6.50. The van der Waals surface area contributed by atoms with Crippen molar-refractivity contribution < 1.29 is 9.59 Å². The van der Waals surface area contributed by atoms with Crippen molar-refractivity contribution >= 4 is 11.6 Å². The lowest BCUT2D eigenvalue weighted by Gasteiger charge is -2.10. The zero-order chi connectivity index (χ0) is 20.1. The average Bonchev–Trinajstić information content (AvgIpc) is 2.69. The maximum atomic E-state index is 11.5. The van der Waals surface area contributed by atoms with Gasteiger partial charge in [0.25, 0.3) is 0 Å². The Kier molecular flexibility index (Phi) is 10.7. The molecule has 6 heteroatoms. The van der Waals surface area contributed by atoms with Crippen molar-refractivity contribution in [1.29, 1.82) is 0 Å². The third-order valence-electron chi connectivity index (χ3n) is 4.11. The third-order valence-corrected chi connectivity index (χ3v) is 4.11. The summed E-state index contributed by atoms with van der Waals surface area (Å²) in [7, 11) is 1.97. The van der Waals surface area contributed by atoms with Gasteiger partial charge in [-0.05, 0) is 45.2 Å². The van der Waals surface area contributed by atoms with Gasteiger partial charge in [0.05, 0.1) is 5.69 Å². The van der Waals surface area contributed by atoms with Gasteiger partial charge in [-0.25, -0.2) is 0 Å². The molecule has 0 saturated heterocycles. The fourth-order valence-electron chi connectivity index (χ4n) is 2.08. The van der Waals surface area contributed by atoms with Gasteiger partial charge in [0.15, 0.2) is 5.78 Å². The van der Waals surface area contributed by atoms with Crippen LogP contribution in [0.4, 0.5) is 0 Å². The predicted octanol–water partition coefficient (Wildman–Crippen LogP) is 2.66. The number of hydrogen-bond donors (Lipinski definition) is 2. The van der Waals surface area contributed by atoms with Crippen LogP contribution in [0.25, 0.3) is 0 Å². The van der Waals surface area contributed by atoms with Crippen molar-refractivity contribution in [1.82, 2.24) is 20.6 Å². The number of rotatable bonds is 9. The van der Waals surface area contributed by atoms with Crippen LogP contribution in [0, 0.1) is 5.92 Å². The first-order valence-corrected chi connectivity index (χ1v) is 9.16. The van der Waals surface area contributed by atoms with Crippen molar-refractivity contribution in [3.63, 3.8) is 0 Å². The molecule has 2 aromatic heterocycles. The first-order chi connectivity index (χ1) is 12.9. The molecule has 0 fully saturated rings. The Morgan fingerprint density at radius 3 is 2.22 bits per heavy atom. The van der Waals surface area contributed by atoms with Gasteiger partial charge < -0.3 is 10.6 Å². The molecule has 27 heavy (non-hydrogen) atoms. The van der Waals surface area contributed by atoms with E-state index in [4.69, 9.17) is 0 Å². The summed E-state index contributed by atoms with van der Waals surface area (Å²) in [5.74, 6) is -0.257. The molecule has 2 N–H and O–H groups in total. The third kappa shape index (κ3) is 9.72. The molecule has 146 valence electrons. The van der Waals surface area contributed by atoms with E-state index in [1.165, 1.54) is 6.92 Å². The van der Waals surface area contributed by atoms with E-state index in [-0.39, 0.29) is 23.9 Å². The van der Waals surface area contributed by atoms with E-state index in [0.717, 1.165) is 18.8 Å². The van der Waals surface area contributed by atoms with Gasteiger partial charge in [-0.2, -0.15) is 0 Å². The van der Waals surface area contributed by atoms with Crippen LogP contribution in [0.2, 0.25) is 0 Å². The van der Waals surface area contributed by atoms with E-state index in [0.29, 0.717) is 11.7 Å². The molecule has 0 aliphatic carbocycles. The Labute approximate surface area is 161 Å². The van der Waals surface area contributed by atoms with Crippen LogP contribution in [0.5, 0.6) is 0 Å². The van der Waals surface area contributed by atoms with Crippen molar-refractivity contribution in [3.05, 3.63) is 60.2 Å². The summed E-state index contributed by atoms with van der Waals surface area (Å²) in [6, 6.07) is 11.6. The number of nitrogens with one attached hydrogen (secondary N) is 2. The SMILES string of the molecule is CC(=O)C(C)CC(=O)c1ccccn1.CNC(C)CNCc1ccccn1. The molecular weight excluding hydrogens is 340 g/mol. The van der Waals surface area contributed by atoms with Crippen molar-refractivity contribution in [2.24, 2.45) is 5.92 Å². The number of carbonyl (C=O) groups is 2. The Bertz CT molecular complexity index is 677. The van der Waals surface area contributed by atoms with Gasteiger partial charge in [-0.15, -0.1) is 0 Å². The second kappa shape index (κ2) is 12.8. The van der Waals surface area contributed by atoms with Gasteiger partial charge in [-0.3, -0.25) is 19.6 Å². The summed E-state index contributed by atoms with van der Waals surface area (Å²) in [6.45, 7) is 7.20. The Morgan fingerprint density at radius 1 is 1.04 bits per heavy atom. The molecule has 0 radical (unpaired) electrons. The van der Waals surface area contributed by atoms with Gasteiger partial charge in [0.1, 0.15) is 11.5 Å². The van der Waals surface area contributed by atoms with Gasteiger partial charge in [-0.1, -0.05) is 19.1 Å². The monoisotopic (exact) mass is 370 g/mol.